The average molecular weight is 449 g/mol. The molecule has 0 radical (unpaired) electrons. The van der Waals surface area contributed by atoms with Gasteiger partial charge in [0.1, 0.15) is 5.58 Å². The second-order valence-corrected chi connectivity index (χ2v) is 8.58. The minimum Gasteiger partial charge on any atom is -0.464 e. The Kier molecular flexibility index (Phi) is 6.77. The fourth-order valence-electron chi connectivity index (χ4n) is 4.14. The van der Waals surface area contributed by atoms with Crippen molar-refractivity contribution in [2.75, 3.05) is 11.9 Å². The molecular formula is C26H28N2O5. The summed E-state index contributed by atoms with van der Waals surface area (Å²) in [5.74, 6) is -1.25. The lowest BCUT2D eigenvalue weighted by atomic mass is 10.0. The summed E-state index contributed by atoms with van der Waals surface area (Å²) in [6.07, 6.45) is 5.72. The Morgan fingerprint density at radius 1 is 1.06 bits per heavy atom. The number of nitrogens with one attached hydrogen (secondary N) is 2. The SMILES string of the molecule is Cc1cc2occ(CC(=O)OCC(=O)Nc3ccccc3C(=O)NC3CCCC3)c2cc1C. The van der Waals surface area contributed by atoms with E-state index in [-0.39, 0.29) is 18.4 Å². The third-order valence-corrected chi connectivity index (χ3v) is 6.11. The highest BCUT2D eigenvalue weighted by molar-refractivity contribution is 6.04. The third kappa shape index (κ3) is 5.42. The molecule has 4 rings (SSSR count). The van der Waals surface area contributed by atoms with Crippen molar-refractivity contribution in [1.29, 1.82) is 0 Å². The van der Waals surface area contributed by atoms with E-state index in [1.807, 2.05) is 26.0 Å². The van der Waals surface area contributed by atoms with Gasteiger partial charge in [0.25, 0.3) is 11.8 Å². The first kappa shape index (κ1) is 22.6. The third-order valence-electron chi connectivity index (χ3n) is 6.11. The molecule has 0 spiro atoms. The number of amides is 2. The van der Waals surface area contributed by atoms with Gasteiger partial charge in [0.05, 0.1) is 23.9 Å². The lowest BCUT2D eigenvalue weighted by molar-refractivity contribution is -0.146. The fourth-order valence-corrected chi connectivity index (χ4v) is 4.14. The van der Waals surface area contributed by atoms with Gasteiger partial charge in [0, 0.05) is 17.0 Å². The number of esters is 1. The van der Waals surface area contributed by atoms with Crippen molar-refractivity contribution in [3.8, 4) is 0 Å². The van der Waals surface area contributed by atoms with E-state index < -0.39 is 18.5 Å². The Morgan fingerprint density at radius 2 is 1.79 bits per heavy atom. The Hall–Kier alpha value is -3.61. The Bertz CT molecular complexity index is 1190. The molecule has 0 bridgehead atoms. The molecule has 7 heteroatoms. The lowest BCUT2D eigenvalue weighted by Gasteiger charge is -2.15. The van der Waals surface area contributed by atoms with Crippen molar-refractivity contribution >= 4 is 34.4 Å². The van der Waals surface area contributed by atoms with E-state index in [9.17, 15) is 14.4 Å². The summed E-state index contributed by atoms with van der Waals surface area (Å²) in [5.41, 5.74) is 4.42. The first-order valence-corrected chi connectivity index (χ1v) is 11.2. The second-order valence-electron chi connectivity index (χ2n) is 8.58. The Labute approximate surface area is 192 Å². The van der Waals surface area contributed by atoms with Crippen LogP contribution in [0.2, 0.25) is 0 Å². The molecule has 1 aliphatic carbocycles. The number of rotatable bonds is 7. The molecule has 172 valence electrons. The van der Waals surface area contributed by atoms with Crippen LogP contribution in [0.25, 0.3) is 11.0 Å². The number of carbonyl (C=O) groups excluding carboxylic acids is 3. The van der Waals surface area contributed by atoms with Crippen LogP contribution in [0, 0.1) is 13.8 Å². The normalized spacial score (nSPS) is 13.8. The zero-order valence-corrected chi connectivity index (χ0v) is 18.9. The number of anilines is 1. The van der Waals surface area contributed by atoms with Gasteiger partial charge >= 0.3 is 5.97 Å². The van der Waals surface area contributed by atoms with Crippen molar-refractivity contribution in [2.45, 2.75) is 52.0 Å². The second kappa shape index (κ2) is 9.90. The topological polar surface area (TPSA) is 97.6 Å². The molecule has 0 atom stereocenters. The molecule has 2 aromatic carbocycles. The highest BCUT2D eigenvalue weighted by atomic mass is 16.5. The number of ether oxygens (including phenoxy) is 1. The van der Waals surface area contributed by atoms with Gasteiger partial charge in [-0.1, -0.05) is 25.0 Å². The molecule has 3 aromatic rings. The summed E-state index contributed by atoms with van der Waals surface area (Å²) >= 11 is 0. The van der Waals surface area contributed by atoms with E-state index in [1.54, 1.807) is 30.5 Å². The van der Waals surface area contributed by atoms with Crippen molar-refractivity contribution in [1.82, 2.24) is 5.32 Å². The van der Waals surface area contributed by atoms with Crippen LogP contribution in [-0.2, 0) is 20.7 Å². The summed E-state index contributed by atoms with van der Waals surface area (Å²) in [6, 6.07) is 10.9. The van der Waals surface area contributed by atoms with E-state index in [4.69, 9.17) is 9.15 Å². The van der Waals surface area contributed by atoms with Gasteiger partial charge in [-0.05, 0) is 62.1 Å². The molecule has 33 heavy (non-hydrogen) atoms. The van der Waals surface area contributed by atoms with Crippen LogP contribution in [0.15, 0.2) is 47.1 Å². The lowest BCUT2D eigenvalue weighted by Crippen LogP contribution is -2.33. The van der Waals surface area contributed by atoms with Gasteiger partial charge in [-0.3, -0.25) is 14.4 Å². The highest BCUT2D eigenvalue weighted by Gasteiger charge is 2.20. The van der Waals surface area contributed by atoms with Crippen LogP contribution in [0.4, 0.5) is 5.69 Å². The number of carbonyl (C=O) groups is 3. The molecule has 7 nitrogen and oxygen atoms in total. The Morgan fingerprint density at radius 3 is 2.58 bits per heavy atom. The van der Waals surface area contributed by atoms with E-state index in [2.05, 4.69) is 10.6 Å². The quantitative estimate of drug-likeness (QED) is 0.521. The monoisotopic (exact) mass is 448 g/mol. The van der Waals surface area contributed by atoms with Crippen LogP contribution in [-0.4, -0.2) is 30.4 Å². The number of aryl methyl sites for hydroxylation is 2. The molecule has 1 aromatic heterocycles. The van der Waals surface area contributed by atoms with Crippen molar-refractivity contribution in [3.05, 3.63) is 64.9 Å². The minimum atomic E-state index is -0.529. The molecule has 2 amide bonds. The number of hydrogen-bond acceptors (Lipinski definition) is 5. The van der Waals surface area contributed by atoms with Crippen LogP contribution >= 0.6 is 0 Å². The Balaban J connectivity index is 1.33. The predicted octanol–water partition coefficient (Wildman–Crippen LogP) is 4.45. The van der Waals surface area contributed by atoms with Gasteiger partial charge in [-0.25, -0.2) is 0 Å². The van der Waals surface area contributed by atoms with Crippen LogP contribution in [0.5, 0.6) is 0 Å². The van der Waals surface area contributed by atoms with Crippen molar-refractivity contribution in [3.63, 3.8) is 0 Å². The fraction of sp³-hybridized carbons (Fsp3) is 0.346. The average Bonchev–Trinajstić information content (AvgIpc) is 3.43. The maximum atomic E-state index is 12.6. The zero-order valence-electron chi connectivity index (χ0n) is 18.9. The highest BCUT2D eigenvalue weighted by Crippen LogP contribution is 2.25. The summed E-state index contributed by atoms with van der Waals surface area (Å²) in [7, 11) is 0. The largest absolute Gasteiger partial charge is 0.464 e. The van der Waals surface area contributed by atoms with E-state index in [1.165, 1.54) is 0 Å². The number of benzene rings is 2. The van der Waals surface area contributed by atoms with E-state index >= 15 is 0 Å². The molecule has 1 aliphatic rings. The summed E-state index contributed by atoms with van der Waals surface area (Å²) in [6.45, 7) is 3.56. The first-order chi connectivity index (χ1) is 15.9. The summed E-state index contributed by atoms with van der Waals surface area (Å²) < 4.78 is 10.7. The first-order valence-electron chi connectivity index (χ1n) is 11.2. The molecule has 0 aliphatic heterocycles. The summed E-state index contributed by atoms with van der Waals surface area (Å²) in [5, 5.41) is 6.56. The molecule has 2 N–H and O–H groups in total. The smallest absolute Gasteiger partial charge is 0.310 e. The number of furan rings is 1. The number of fused-ring (bicyclic) bond motifs is 1. The van der Waals surface area contributed by atoms with Crippen molar-refractivity contribution in [2.24, 2.45) is 0 Å². The van der Waals surface area contributed by atoms with Gasteiger partial charge in [-0.15, -0.1) is 0 Å². The van der Waals surface area contributed by atoms with E-state index in [0.29, 0.717) is 22.4 Å². The van der Waals surface area contributed by atoms with Gasteiger partial charge in [0.15, 0.2) is 6.61 Å². The predicted molar refractivity (Wildman–Crippen MR) is 125 cm³/mol. The van der Waals surface area contributed by atoms with Gasteiger partial charge in [-0.2, -0.15) is 0 Å². The standard InChI is InChI=1S/C26H28N2O5/c1-16-11-21-18(14-32-23(21)12-17(16)2)13-25(30)33-15-24(29)28-22-10-6-5-9-20(22)26(31)27-19-7-3-4-8-19/h5-6,9-12,14,19H,3-4,7-8,13,15H2,1-2H3,(H,27,31)(H,28,29). The molecule has 1 saturated carbocycles. The van der Waals surface area contributed by atoms with Crippen LogP contribution in [0.1, 0.15) is 52.7 Å². The zero-order chi connectivity index (χ0) is 23.4. The number of para-hydroxylation sites is 1. The van der Waals surface area contributed by atoms with Crippen LogP contribution < -0.4 is 10.6 Å². The maximum Gasteiger partial charge on any atom is 0.310 e. The molecule has 0 saturated heterocycles. The molecular weight excluding hydrogens is 420 g/mol. The summed E-state index contributed by atoms with van der Waals surface area (Å²) in [4.78, 5) is 37.4. The van der Waals surface area contributed by atoms with Crippen LogP contribution in [0.3, 0.4) is 0 Å². The molecule has 0 unspecified atom stereocenters. The van der Waals surface area contributed by atoms with Gasteiger partial charge in [0.2, 0.25) is 0 Å². The minimum absolute atomic E-state index is 0.00314. The maximum absolute atomic E-state index is 12.6. The van der Waals surface area contributed by atoms with Crippen molar-refractivity contribution < 1.29 is 23.5 Å². The van der Waals surface area contributed by atoms with Gasteiger partial charge < -0.3 is 19.8 Å². The van der Waals surface area contributed by atoms with E-state index in [0.717, 1.165) is 42.2 Å². The molecule has 1 fully saturated rings. The number of hydrogen-bond donors (Lipinski definition) is 2. The molecule has 1 heterocycles.